The van der Waals surface area contributed by atoms with Gasteiger partial charge in [0.05, 0.1) is 11.0 Å². The van der Waals surface area contributed by atoms with E-state index in [1.54, 1.807) is 4.90 Å². The van der Waals surface area contributed by atoms with Crippen LogP contribution in [0.25, 0.3) is 0 Å². The minimum atomic E-state index is -0.715. The average molecular weight is 346 g/mol. The molecule has 128 valence electrons. The SMILES string of the molecule is CCNCC1CCN(C(=O)c2ccc(F)cc2[N+](=O)[O-])CC1.Cl. The van der Waals surface area contributed by atoms with Crippen molar-refractivity contribution in [3.8, 4) is 0 Å². The normalized spacial score (nSPS) is 15.1. The number of piperidine rings is 1. The van der Waals surface area contributed by atoms with Crippen molar-refractivity contribution >= 4 is 24.0 Å². The van der Waals surface area contributed by atoms with Crippen LogP contribution in [0.2, 0.25) is 0 Å². The fourth-order valence-electron chi connectivity index (χ4n) is 2.70. The molecule has 2 rings (SSSR count). The number of carbonyl (C=O) groups excluding carboxylic acids is 1. The predicted molar refractivity (Wildman–Crippen MR) is 87.5 cm³/mol. The number of hydrogen-bond donors (Lipinski definition) is 1. The Bertz CT molecular complexity index is 563. The predicted octanol–water partition coefficient (Wildman–Crippen LogP) is 2.62. The molecule has 0 spiro atoms. The van der Waals surface area contributed by atoms with Gasteiger partial charge in [-0.25, -0.2) is 4.39 Å². The average Bonchev–Trinajstić information content (AvgIpc) is 2.52. The summed E-state index contributed by atoms with van der Waals surface area (Å²) < 4.78 is 13.1. The minimum Gasteiger partial charge on any atom is -0.338 e. The van der Waals surface area contributed by atoms with Gasteiger partial charge in [0.1, 0.15) is 11.4 Å². The number of amides is 1. The molecule has 0 atom stereocenters. The van der Waals surface area contributed by atoms with Crippen molar-refractivity contribution < 1.29 is 14.1 Å². The summed E-state index contributed by atoms with van der Waals surface area (Å²) in [7, 11) is 0. The van der Waals surface area contributed by atoms with E-state index in [4.69, 9.17) is 0 Å². The van der Waals surface area contributed by atoms with E-state index < -0.39 is 22.3 Å². The number of benzene rings is 1. The first-order chi connectivity index (χ1) is 10.5. The smallest absolute Gasteiger partial charge is 0.285 e. The molecular weight excluding hydrogens is 325 g/mol. The summed E-state index contributed by atoms with van der Waals surface area (Å²) in [4.78, 5) is 24.3. The quantitative estimate of drug-likeness (QED) is 0.657. The molecule has 1 aliphatic rings. The third-order valence-electron chi connectivity index (χ3n) is 3.97. The summed E-state index contributed by atoms with van der Waals surface area (Å²) in [6.07, 6.45) is 1.74. The highest BCUT2D eigenvalue weighted by Crippen LogP contribution is 2.24. The first-order valence-electron chi connectivity index (χ1n) is 7.46. The highest BCUT2D eigenvalue weighted by atomic mass is 35.5. The van der Waals surface area contributed by atoms with Crippen LogP contribution in [0, 0.1) is 21.8 Å². The van der Waals surface area contributed by atoms with E-state index in [1.807, 2.05) is 6.92 Å². The molecule has 1 aromatic rings. The van der Waals surface area contributed by atoms with Gasteiger partial charge in [-0.3, -0.25) is 14.9 Å². The maximum atomic E-state index is 13.1. The van der Waals surface area contributed by atoms with Crippen molar-refractivity contribution in [3.05, 3.63) is 39.7 Å². The van der Waals surface area contributed by atoms with E-state index in [0.717, 1.165) is 38.1 Å². The highest BCUT2D eigenvalue weighted by Gasteiger charge is 2.28. The number of hydrogen-bond acceptors (Lipinski definition) is 4. The number of nitro benzene ring substituents is 1. The molecule has 1 heterocycles. The molecule has 8 heteroatoms. The topological polar surface area (TPSA) is 75.5 Å². The number of nitrogens with zero attached hydrogens (tertiary/aromatic N) is 2. The largest absolute Gasteiger partial charge is 0.338 e. The van der Waals surface area contributed by atoms with Gasteiger partial charge in [0, 0.05) is 13.1 Å². The van der Waals surface area contributed by atoms with Gasteiger partial charge >= 0.3 is 0 Å². The van der Waals surface area contributed by atoms with Crippen molar-refractivity contribution in [2.75, 3.05) is 26.2 Å². The number of carbonyl (C=O) groups is 1. The summed E-state index contributed by atoms with van der Waals surface area (Å²) >= 11 is 0. The third-order valence-corrected chi connectivity index (χ3v) is 3.97. The Morgan fingerprint density at radius 1 is 1.43 bits per heavy atom. The lowest BCUT2D eigenvalue weighted by Crippen LogP contribution is -2.41. The second-order valence-corrected chi connectivity index (χ2v) is 5.46. The number of nitrogens with one attached hydrogen (secondary N) is 1. The first kappa shape index (κ1) is 19.3. The molecule has 1 saturated heterocycles. The van der Waals surface area contributed by atoms with E-state index in [0.29, 0.717) is 19.0 Å². The molecule has 1 aromatic carbocycles. The second-order valence-electron chi connectivity index (χ2n) is 5.46. The zero-order chi connectivity index (χ0) is 16.1. The van der Waals surface area contributed by atoms with Crippen molar-refractivity contribution in [1.29, 1.82) is 0 Å². The van der Waals surface area contributed by atoms with Gasteiger partial charge < -0.3 is 10.2 Å². The van der Waals surface area contributed by atoms with Crippen LogP contribution in [0.3, 0.4) is 0 Å². The van der Waals surface area contributed by atoms with Crippen LogP contribution in [0.5, 0.6) is 0 Å². The fourth-order valence-corrected chi connectivity index (χ4v) is 2.70. The Balaban J connectivity index is 0.00000264. The Hall–Kier alpha value is -1.73. The Morgan fingerprint density at radius 2 is 2.09 bits per heavy atom. The number of rotatable bonds is 5. The lowest BCUT2D eigenvalue weighted by atomic mass is 9.96. The Kier molecular flexibility index (Phi) is 7.38. The molecule has 0 bridgehead atoms. The lowest BCUT2D eigenvalue weighted by molar-refractivity contribution is -0.385. The number of halogens is 2. The van der Waals surface area contributed by atoms with E-state index in [9.17, 15) is 19.3 Å². The molecule has 0 radical (unpaired) electrons. The molecule has 0 aliphatic carbocycles. The van der Waals surface area contributed by atoms with Gasteiger partial charge in [0.2, 0.25) is 0 Å². The first-order valence-corrected chi connectivity index (χ1v) is 7.46. The molecule has 1 N–H and O–H groups in total. The Morgan fingerprint density at radius 3 is 2.65 bits per heavy atom. The molecule has 23 heavy (non-hydrogen) atoms. The van der Waals surface area contributed by atoms with Crippen LogP contribution in [0.15, 0.2) is 18.2 Å². The highest BCUT2D eigenvalue weighted by molar-refractivity contribution is 5.98. The van der Waals surface area contributed by atoms with Crippen LogP contribution in [0.1, 0.15) is 30.1 Å². The third kappa shape index (κ3) is 4.87. The summed E-state index contributed by atoms with van der Waals surface area (Å²) in [6.45, 7) is 5.04. The number of nitro groups is 1. The standard InChI is InChI=1S/C15H20FN3O3.ClH/c1-2-17-10-11-5-7-18(8-6-11)15(20)13-4-3-12(16)9-14(13)19(21)22;/h3-4,9,11,17H,2,5-8,10H2,1H3;1H. The zero-order valence-corrected chi connectivity index (χ0v) is 13.8. The molecule has 1 aliphatic heterocycles. The molecule has 1 amide bonds. The van der Waals surface area contributed by atoms with Crippen molar-refractivity contribution in [1.82, 2.24) is 10.2 Å². The van der Waals surface area contributed by atoms with E-state index in [2.05, 4.69) is 5.32 Å². The molecule has 0 unspecified atom stereocenters. The minimum absolute atomic E-state index is 0. The van der Waals surface area contributed by atoms with Gasteiger partial charge in [0.25, 0.3) is 11.6 Å². The summed E-state index contributed by atoms with van der Waals surface area (Å²) in [5, 5.41) is 14.3. The Labute approximate surface area is 140 Å². The molecular formula is C15H21ClFN3O3. The molecule has 6 nitrogen and oxygen atoms in total. The summed E-state index contributed by atoms with van der Waals surface area (Å²) in [5.41, 5.74) is -0.517. The van der Waals surface area contributed by atoms with Crippen LogP contribution in [-0.4, -0.2) is 41.9 Å². The van der Waals surface area contributed by atoms with Crippen LogP contribution in [0.4, 0.5) is 10.1 Å². The van der Waals surface area contributed by atoms with Crippen LogP contribution < -0.4 is 5.32 Å². The maximum Gasteiger partial charge on any atom is 0.285 e. The van der Waals surface area contributed by atoms with E-state index >= 15 is 0 Å². The maximum absolute atomic E-state index is 13.1. The lowest BCUT2D eigenvalue weighted by Gasteiger charge is -2.32. The van der Waals surface area contributed by atoms with Gasteiger partial charge in [-0.05, 0) is 44.0 Å². The molecule has 0 saturated carbocycles. The number of likely N-dealkylation sites (tertiary alicyclic amines) is 1. The van der Waals surface area contributed by atoms with Crippen molar-refractivity contribution in [3.63, 3.8) is 0 Å². The van der Waals surface area contributed by atoms with Crippen LogP contribution >= 0.6 is 12.4 Å². The van der Waals surface area contributed by atoms with Gasteiger partial charge in [-0.1, -0.05) is 6.92 Å². The second kappa shape index (κ2) is 8.79. The summed E-state index contributed by atoms with van der Waals surface area (Å²) in [6, 6.07) is 3.07. The van der Waals surface area contributed by atoms with Gasteiger partial charge in [0.15, 0.2) is 0 Å². The van der Waals surface area contributed by atoms with E-state index in [1.165, 1.54) is 6.07 Å². The molecule has 0 aromatic heterocycles. The molecule has 1 fully saturated rings. The van der Waals surface area contributed by atoms with Crippen molar-refractivity contribution in [2.45, 2.75) is 19.8 Å². The fraction of sp³-hybridized carbons (Fsp3) is 0.533. The zero-order valence-electron chi connectivity index (χ0n) is 13.0. The summed E-state index contributed by atoms with van der Waals surface area (Å²) in [5.74, 6) is -0.589. The van der Waals surface area contributed by atoms with E-state index in [-0.39, 0.29) is 18.0 Å². The van der Waals surface area contributed by atoms with Crippen LogP contribution in [-0.2, 0) is 0 Å². The van der Waals surface area contributed by atoms with Crippen molar-refractivity contribution in [2.24, 2.45) is 5.92 Å². The van der Waals surface area contributed by atoms with Gasteiger partial charge in [-0.2, -0.15) is 0 Å². The monoisotopic (exact) mass is 345 g/mol. The van der Waals surface area contributed by atoms with Gasteiger partial charge in [-0.15, -0.1) is 12.4 Å².